The summed E-state index contributed by atoms with van der Waals surface area (Å²) in [6, 6.07) is 0. The van der Waals surface area contributed by atoms with Crippen molar-refractivity contribution >= 4 is 27.7 Å². The smallest absolute Gasteiger partial charge is 0.232 e. The quantitative estimate of drug-likeness (QED) is 0.582. The highest BCUT2D eigenvalue weighted by molar-refractivity contribution is 9.09. The topological polar surface area (TPSA) is 37.4 Å². The van der Waals surface area contributed by atoms with Crippen LogP contribution in [0.4, 0.5) is 0 Å². The third-order valence-electron chi connectivity index (χ3n) is 3.30. The van der Waals surface area contributed by atoms with Gasteiger partial charge in [0.1, 0.15) is 0 Å². The number of alkyl halides is 1. The van der Waals surface area contributed by atoms with Gasteiger partial charge in [0.05, 0.1) is 0 Å². The summed E-state index contributed by atoms with van der Waals surface area (Å²) < 4.78 is 0. The van der Waals surface area contributed by atoms with Gasteiger partial charge < -0.3 is 0 Å². The lowest BCUT2D eigenvalue weighted by Crippen LogP contribution is -2.35. The Kier molecular flexibility index (Phi) is 4.32. The van der Waals surface area contributed by atoms with Crippen LogP contribution in [-0.2, 0) is 9.59 Å². The predicted molar refractivity (Wildman–Crippen MR) is 62.6 cm³/mol. The molecule has 3 atom stereocenters. The highest BCUT2D eigenvalue weighted by Gasteiger charge is 2.42. The zero-order valence-electron chi connectivity index (χ0n) is 9.50. The standard InChI is InChI=1S/C11H18BrNO2/c1-4-9(5-12)6-13-10(14)7(2)8(3)11(13)15/h7-9H,4-6H2,1-3H3. The van der Waals surface area contributed by atoms with E-state index in [1.807, 2.05) is 13.8 Å². The molecule has 1 rings (SSSR count). The van der Waals surface area contributed by atoms with E-state index < -0.39 is 0 Å². The number of carbonyl (C=O) groups excluding carboxylic acids is 2. The largest absolute Gasteiger partial charge is 0.282 e. The van der Waals surface area contributed by atoms with Crippen molar-refractivity contribution in [3.63, 3.8) is 0 Å². The Balaban J connectivity index is 2.70. The minimum Gasteiger partial charge on any atom is -0.282 e. The monoisotopic (exact) mass is 275 g/mol. The number of likely N-dealkylation sites (tertiary alicyclic amines) is 1. The van der Waals surface area contributed by atoms with Crippen LogP contribution in [0.2, 0.25) is 0 Å². The predicted octanol–water partition coefficient (Wildman–Crippen LogP) is 2.05. The van der Waals surface area contributed by atoms with Gasteiger partial charge in [-0.15, -0.1) is 0 Å². The van der Waals surface area contributed by atoms with E-state index in [9.17, 15) is 9.59 Å². The summed E-state index contributed by atoms with van der Waals surface area (Å²) in [6.45, 7) is 6.30. The Morgan fingerprint density at radius 2 is 1.73 bits per heavy atom. The molecule has 4 heteroatoms. The van der Waals surface area contributed by atoms with Gasteiger partial charge >= 0.3 is 0 Å². The van der Waals surface area contributed by atoms with E-state index in [4.69, 9.17) is 0 Å². The fourth-order valence-corrected chi connectivity index (χ4v) is 2.42. The van der Waals surface area contributed by atoms with Gasteiger partial charge in [0.2, 0.25) is 11.8 Å². The Hall–Kier alpha value is -0.380. The first-order valence-corrected chi connectivity index (χ1v) is 6.56. The highest BCUT2D eigenvalue weighted by Crippen LogP contribution is 2.26. The normalized spacial score (nSPS) is 28.7. The van der Waals surface area contributed by atoms with E-state index in [0.717, 1.165) is 11.8 Å². The number of hydrogen-bond donors (Lipinski definition) is 0. The molecule has 86 valence electrons. The lowest BCUT2D eigenvalue weighted by molar-refractivity contribution is -0.140. The second kappa shape index (κ2) is 5.10. The van der Waals surface area contributed by atoms with E-state index in [1.165, 1.54) is 4.90 Å². The van der Waals surface area contributed by atoms with E-state index in [0.29, 0.717) is 12.5 Å². The summed E-state index contributed by atoms with van der Waals surface area (Å²) in [5, 5.41) is 0.837. The molecule has 1 fully saturated rings. The summed E-state index contributed by atoms with van der Waals surface area (Å²) >= 11 is 3.40. The van der Waals surface area contributed by atoms with Crippen LogP contribution in [-0.4, -0.2) is 28.6 Å². The van der Waals surface area contributed by atoms with Gasteiger partial charge in [-0.2, -0.15) is 0 Å². The number of carbonyl (C=O) groups is 2. The molecule has 15 heavy (non-hydrogen) atoms. The third-order valence-corrected chi connectivity index (χ3v) is 4.21. The van der Waals surface area contributed by atoms with Gasteiger partial charge in [-0.05, 0) is 5.92 Å². The fourth-order valence-electron chi connectivity index (χ4n) is 1.75. The molecular weight excluding hydrogens is 258 g/mol. The maximum Gasteiger partial charge on any atom is 0.232 e. The minimum absolute atomic E-state index is 0.00750. The Morgan fingerprint density at radius 1 is 1.27 bits per heavy atom. The summed E-state index contributed by atoms with van der Waals surface area (Å²) in [5.74, 6) is 0.0601. The van der Waals surface area contributed by atoms with Crippen molar-refractivity contribution in [2.24, 2.45) is 17.8 Å². The second-order valence-electron chi connectivity index (χ2n) is 4.29. The molecule has 0 N–H and O–H groups in total. The van der Waals surface area contributed by atoms with Crippen molar-refractivity contribution in [2.45, 2.75) is 27.2 Å². The Bertz CT molecular complexity index is 243. The number of halogens is 1. The van der Waals surface area contributed by atoms with E-state index in [-0.39, 0.29) is 23.7 Å². The van der Waals surface area contributed by atoms with Crippen LogP contribution in [0, 0.1) is 17.8 Å². The zero-order valence-corrected chi connectivity index (χ0v) is 11.1. The summed E-state index contributed by atoms with van der Waals surface area (Å²) in [7, 11) is 0. The first-order chi connectivity index (χ1) is 7.02. The van der Waals surface area contributed by atoms with Gasteiger partial charge in [0, 0.05) is 23.7 Å². The molecule has 1 aliphatic rings. The van der Waals surface area contributed by atoms with E-state index in [2.05, 4.69) is 22.9 Å². The zero-order chi connectivity index (χ0) is 11.6. The highest BCUT2D eigenvalue weighted by atomic mass is 79.9. The maximum absolute atomic E-state index is 11.8. The molecule has 1 saturated heterocycles. The number of hydrogen-bond acceptors (Lipinski definition) is 2. The Labute approximate surface area is 99.3 Å². The van der Waals surface area contributed by atoms with Crippen molar-refractivity contribution in [3.05, 3.63) is 0 Å². The average molecular weight is 276 g/mol. The number of amides is 2. The number of nitrogens with zero attached hydrogens (tertiary/aromatic N) is 1. The molecule has 0 bridgehead atoms. The average Bonchev–Trinajstić information content (AvgIpc) is 2.42. The van der Waals surface area contributed by atoms with Gasteiger partial charge in [0.15, 0.2) is 0 Å². The molecule has 1 aliphatic heterocycles. The first-order valence-electron chi connectivity index (χ1n) is 5.44. The third kappa shape index (κ3) is 2.41. The second-order valence-corrected chi connectivity index (χ2v) is 4.94. The van der Waals surface area contributed by atoms with Gasteiger partial charge in [0.25, 0.3) is 0 Å². The van der Waals surface area contributed by atoms with Crippen LogP contribution in [0.3, 0.4) is 0 Å². The van der Waals surface area contributed by atoms with Gasteiger partial charge in [-0.3, -0.25) is 14.5 Å². The van der Waals surface area contributed by atoms with E-state index >= 15 is 0 Å². The maximum atomic E-state index is 11.8. The molecular formula is C11H18BrNO2. The molecule has 0 aromatic rings. The lowest BCUT2D eigenvalue weighted by Gasteiger charge is -2.20. The molecule has 0 aromatic carbocycles. The van der Waals surface area contributed by atoms with Crippen LogP contribution in [0.15, 0.2) is 0 Å². The fraction of sp³-hybridized carbons (Fsp3) is 0.818. The molecule has 0 saturated carbocycles. The number of rotatable bonds is 4. The van der Waals surface area contributed by atoms with E-state index in [1.54, 1.807) is 0 Å². The van der Waals surface area contributed by atoms with Crippen LogP contribution in [0.5, 0.6) is 0 Å². The minimum atomic E-state index is -0.148. The van der Waals surface area contributed by atoms with Crippen molar-refractivity contribution in [2.75, 3.05) is 11.9 Å². The Morgan fingerprint density at radius 3 is 2.07 bits per heavy atom. The van der Waals surface area contributed by atoms with Crippen molar-refractivity contribution in [1.82, 2.24) is 4.90 Å². The van der Waals surface area contributed by atoms with Crippen LogP contribution in [0.1, 0.15) is 27.2 Å². The summed E-state index contributed by atoms with van der Waals surface area (Å²) in [6.07, 6.45) is 0.977. The molecule has 2 amide bonds. The van der Waals surface area contributed by atoms with Crippen molar-refractivity contribution < 1.29 is 9.59 Å². The summed E-state index contributed by atoms with van der Waals surface area (Å²) in [5.41, 5.74) is 0. The van der Waals surface area contributed by atoms with Crippen molar-refractivity contribution in [1.29, 1.82) is 0 Å². The lowest BCUT2D eigenvalue weighted by atomic mass is 10.00. The molecule has 0 spiro atoms. The molecule has 3 unspecified atom stereocenters. The molecule has 1 heterocycles. The van der Waals surface area contributed by atoms with Gasteiger partial charge in [-0.1, -0.05) is 43.1 Å². The number of imide groups is 1. The molecule has 0 aliphatic carbocycles. The molecule has 3 nitrogen and oxygen atoms in total. The first kappa shape index (κ1) is 12.7. The summed E-state index contributed by atoms with van der Waals surface area (Å²) in [4.78, 5) is 25.0. The van der Waals surface area contributed by atoms with Crippen LogP contribution < -0.4 is 0 Å². The van der Waals surface area contributed by atoms with Crippen molar-refractivity contribution in [3.8, 4) is 0 Å². The SMILES string of the molecule is CCC(CBr)CN1C(=O)C(C)C(C)C1=O. The van der Waals surface area contributed by atoms with Crippen LogP contribution >= 0.6 is 15.9 Å². The molecule has 0 aromatic heterocycles. The van der Waals surface area contributed by atoms with Gasteiger partial charge in [-0.25, -0.2) is 0 Å². The molecule has 0 radical (unpaired) electrons. The van der Waals surface area contributed by atoms with Crippen LogP contribution in [0.25, 0.3) is 0 Å².